The van der Waals surface area contributed by atoms with E-state index in [4.69, 9.17) is 0 Å². The Morgan fingerprint density at radius 3 is 2.00 bits per heavy atom. The Bertz CT molecular complexity index is 129. The lowest BCUT2D eigenvalue weighted by Gasteiger charge is -2.16. The average Bonchev–Trinajstić information content (AvgIpc) is 2.45. The van der Waals surface area contributed by atoms with Crippen LogP contribution in [0.5, 0.6) is 0 Å². The molecule has 1 fully saturated rings. The normalized spacial score (nSPS) is 22.8. The fraction of sp³-hybridized carbons (Fsp3) is 1.00. The molecule has 1 rings (SSSR count). The molecular weight excluding hydrogens is 260 g/mol. The minimum Gasteiger partial charge on any atom is -0.315 e. The number of hydrogen-bond donors (Lipinski definition) is 0. The molecule has 1 saturated carbocycles. The summed E-state index contributed by atoms with van der Waals surface area (Å²) in [5, 5.41) is 0. The fourth-order valence-corrected chi connectivity index (χ4v) is 1.36. The van der Waals surface area contributed by atoms with Crippen LogP contribution in [0, 0.1) is 5.41 Å². The van der Waals surface area contributed by atoms with E-state index < -0.39 is 11.6 Å². The van der Waals surface area contributed by atoms with Crippen molar-refractivity contribution in [2.75, 3.05) is 6.61 Å². The smallest absolute Gasteiger partial charge is 0.315 e. The van der Waals surface area contributed by atoms with Crippen molar-refractivity contribution in [2.24, 2.45) is 5.41 Å². The molecule has 1 aliphatic rings. The largest absolute Gasteiger partial charge is 0.396 e. The summed E-state index contributed by atoms with van der Waals surface area (Å²) < 4.78 is 40.4. The van der Waals surface area contributed by atoms with Gasteiger partial charge in [0.15, 0.2) is 0 Å². The van der Waals surface area contributed by atoms with Gasteiger partial charge in [-0.05, 0) is 12.8 Å². The third-order valence-corrected chi connectivity index (χ3v) is 2.10. The first-order valence-corrected chi connectivity index (χ1v) is 3.70. The first-order chi connectivity index (χ1) is 4.52. The zero-order valence-corrected chi connectivity index (χ0v) is 7.20. The van der Waals surface area contributed by atoms with Crippen molar-refractivity contribution < 1.29 is 16.2 Å². The summed E-state index contributed by atoms with van der Waals surface area (Å²) in [5.74, 6) is 0. The standard InChI is InChI=1S/C5H6F3IO/c6-5(7,8)4(1-2-4)3-10-9/h1-3H2. The molecule has 1 nitrogen and oxygen atoms in total. The summed E-state index contributed by atoms with van der Waals surface area (Å²) in [6.45, 7) is -0.197. The Hall–Kier alpha value is 0.480. The van der Waals surface area contributed by atoms with Gasteiger partial charge in [0.25, 0.3) is 0 Å². The third-order valence-electron chi connectivity index (χ3n) is 1.79. The molecule has 5 heteroatoms. The monoisotopic (exact) mass is 266 g/mol. The van der Waals surface area contributed by atoms with Gasteiger partial charge in [0.1, 0.15) is 23.0 Å². The highest BCUT2D eigenvalue weighted by atomic mass is 127. The van der Waals surface area contributed by atoms with Gasteiger partial charge < -0.3 is 3.07 Å². The lowest BCUT2D eigenvalue weighted by atomic mass is 10.1. The maximum atomic E-state index is 12.0. The van der Waals surface area contributed by atoms with Gasteiger partial charge in [0, 0.05) is 0 Å². The summed E-state index contributed by atoms with van der Waals surface area (Å²) in [6, 6.07) is 0. The summed E-state index contributed by atoms with van der Waals surface area (Å²) in [7, 11) is 0. The van der Waals surface area contributed by atoms with Gasteiger partial charge in [-0.3, -0.25) is 0 Å². The van der Waals surface area contributed by atoms with Gasteiger partial charge in [-0.2, -0.15) is 13.2 Å². The predicted octanol–water partition coefficient (Wildman–Crippen LogP) is 2.70. The molecule has 0 aliphatic heterocycles. The van der Waals surface area contributed by atoms with Crippen LogP contribution < -0.4 is 0 Å². The van der Waals surface area contributed by atoms with Gasteiger partial charge >= 0.3 is 6.18 Å². The van der Waals surface area contributed by atoms with Gasteiger partial charge in [-0.15, -0.1) is 0 Å². The number of hydrogen-bond acceptors (Lipinski definition) is 1. The maximum absolute atomic E-state index is 12.0. The first kappa shape index (κ1) is 8.58. The molecular formula is C5H6F3IO. The quantitative estimate of drug-likeness (QED) is 0.698. The van der Waals surface area contributed by atoms with Crippen LogP contribution in [0.2, 0.25) is 0 Å². The molecule has 0 heterocycles. The molecule has 10 heavy (non-hydrogen) atoms. The van der Waals surface area contributed by atoms with E-state index in [2.05, 4.69) is 3.07 Å². The predicted molar refractivity (Wildman–Crippen MR) is 37.7 cm³/mol. The molecule has 0 aromatic heterocycles. The topological polar surface area (TPSA) is 9.23 Å². The average molecular weight is 266 g/mol. The molecule has 0 spiro atoms. The fourth-order valence-electron chi connectivity index (χ4n) is 0.765. The number of alkyl halides is 3. The Morgan fingerprint density at radius 1 is 1.40 bits per heavy atom. The molecule has 0 saturated heterocycles. The van der Waals surface area contributed by atoms with E-state index in [0.29, 0.717) is 0 Å². The Kier molecular flexibility index (Phi) is 2.15. The molecule has 0 aromatic rings. The molecule has 0 bridgehead atoms. The van der Waals surface area contributed by atoms with Crippen LogP contribution in [0.15, 0.2) is 0 Å². The lowest BCUT2D eigenvalue weighted by Crippen LogP contribution is -2.27. The molecule has 1 aliphatic carbocycles. The zero-order valence-electron chi connectivity index (χ0n) is 5.04. The van der Waals surface area contributed by atoms with Gasteiger partial charge in [0.05, 0.1) is 12.0 Å². The van der Waals surface area contributed by atoms with Gasteiger partial charge in [-0.1, -0.05) is 0 Å². The van der Waals surface area contributed by atoms with Crippen molar-refractivity contribution in [3.63, 3.8) is 0 Å². The number of halogens is 4. The Balaban J connectivity index is 2.52. The molecule has 0 N–H and O–H groups in total. The molecule has 0 atom stereocenters. The van der Waals surface area contributed by atoms with Crippen LogP contribution in [0.1, 0.15) is 12.8 Å². The van der Waals surface area contributed by atoms with E-state index in [0.717, 1.165) is 0 Å². The van der Waals surface area contributed by atoms with Crippen molar-refractivity contribution in [1.82, 2.24) is 0 Å². The zero-order chi connectivity index (χ0) is 7.83. The molecule has 60 valence electrons. The summed E-state index contributed by atoms with van der Waals surface area (Å²) in [4.78, 5) is 0. The SMILES string of the molecule is FC(F)(F)C1(COI)CC1. The highest BCUT2D eigenvalue weighted by Gasteiger charge is 2.63. The minimum atomic E-state index is -4.07. The van der Waals surface area contributed by atoms with Gasteiger partial charge in [-0.25, -0.2) is 0 Å². The molecule has 0 radical (unpaired) electrons. The first-order valence-electron chi connectivity index (χ1n) is 2.82. The van der Waals surface area contributed by atoms with Crippen LogP contribution in [-0.4, -0.2) is 12.8 Å². The summed E-state index contributed by atoms with van der Waals surface area (Å²) >= 11 is 1.49. The van der Waals surface area contributed by atoms with Crippen molar-refractivity contribution in [1.29, 1.82) is 0 Å². The Morgan fingerprint density at radius 2 is 1.90 bits per heavy atom. The lowest BCUT2D eigenvalue weighted by molar-refractivity contribution is -0.192. The Labute approximate surface area is 70.6 Å². The second-order valence-electron chi connectivity index (χ2n) is 2.53. The van der Waals surface area contributed by atoms with Crippen molar-refractivity contribution in [3.8, 4) is 0 Å². The van der Waals surface area contributed by atoms with E-state index in [1.54, 1.807) is 0 Å². The van der Waals surface area contributed by atoms with E-state index in [1.165, 1.54) is 23.0 Å². The van der Waals surface area contributed by atoms with Crippen molar-refractivity contribution >= 4 is 23.0 Å². The number of rotatable bonds is 2. The van der Waals surface area contributed by atoms with Crippen LogP contribution >= 0.6 is 23.0 Å². The molecule has 0 amide bonds. The van der Waals surface area contributed by atoms with E-state index in [9.17, 15) is 13.2 Å². The van der Waals surface area contributed by atoms with Crippen LogP contribution in [0.25, 0.3) is 0 Å². The second-order valence-corrected chi connectivity index (χ2v) is 3.15. The molecule has 0 aromatic carbocycles. The van der Waals surface area contributed by atoms with E-state index in [1.807, 2.05) is 0 Å². The van der Waals surface area contributed by atoms with E-state index in [-0.39, 0.29) is 19.4 Å². The van der Waals surface area contributed by atoms with Crippen LogP contribution in [-0.2, 0) is 3.07 Å². The summed E-state index contributed by atoms with van der Waals surface area (Å²) in [5.41, 5.74) is -1.49. The van der Waals surface area contributed by atoms with Gasteiger partial charge in [0.2, 0.25) is 0 Å². The second kappa shape index (κ2) is 2.51. The van der Waals surface area contributed by atoms with Crippen LogP contribution in [0.3, 0.4) is 0 Å². The highest BCUT2D eigenvalue weighted by Crippen LogP contribution is 2.57. The summed E-state index contributed by atoms with van der Waals surface area (Å²) in [6.07, 6.45) is -3.63. The third kappa shape index (κ3) is 1.39. The molecule has 0 unspecified atom stereocenters. The van der Waals surface area contributed by atoms with Crippen molar-refractivity contribution in [3.05, 3.63) is 0 Å². The minimum absolute atomic E-state index is 0.197. The van der Waals surface area contributed by atoms with E-state index >= 15 is 0 Å². The van der Waals surface area contributed by atoms with Crippen LogP contribution in [0.4, 0.5) is 13.2 Å². The highest BCUT2D eigenvalue weighted by molar-refractivity contribution is 14.1. The maximum Gasteiger partial charge on any atom is 0.396 e. The van der Waals surface area contributed by atoms with Crippen molar-refractivity contribution in [2.45, 2.75) is 19.0 Å².